The summed E-state index contributed by atoms with van der Waals surface area (Å²) < 4.78 is 49.9. The fourth-order valence-corrected chi connectivity index (χ4v) is 2.82. The van der Waals surface area contributed by atoms with E-state index < -0.39 is 22.1 Å². The number of halogens is 3. The Labute approximate surface area is 92.2 Å². The van der Waals surface area contributed by atoms with E-state index in [9.17, 15) is 17.2 Å². The molecule has 0 heterocycles. The van der Waals surface area contributed by atoms with Crippen molar-refractivity contribution in [2.45, 2.75) is 19.3 Å². The molecule has 1 atom stereocenters. The second-order valence-electron chi connectivity index (χ2n) is 3.73. The molecule has 1 unspecified atom stereocenters. The topological polar surface area (TPSA) is 43.4 Å². The van der Waals surface area contributed by atoms with E-state index in [0.29, 0.717) is 0 Å². The number of alkyl halides is 2. The summed E-state index contributed by atoms with van der Waals surface area (Å²) in [5, 5.41) is 0. The van der Waals surface area contributed by atoms with Crippen molar-refractivity contribution in [2.24, 2.45) is 11.8 Å². The lowest BCUT2D eigenvalue weighted by Crippen LogP contribution is -2.21. The van der Waals surface area contributed by atoms with Gasteiger partial charge in [-0.3, -0.25) is 0 Å². The molecule has 15 heavy (non-hydrogen) atoms. The molecule has 1 fully saturated rings. The number of ether oxygens (including phenoxy) is 1. The molecule has 1 aliphatic rings. The molecule has 0 spiro atoms. The Morgan fingerprint density at radius 2 is 1.93 bits per heavy atom. The Morgan fingerprint density at radius 3 is 2.33 bits per heavy atom. The van der Waals surface area contributed by atoms with Gasteiger partial charge >= 0.3 is 0 Å². The van der Waals surface area contributed by atoms with Gasteiger partial charge in [0.2, 0.25) is 9.05 Å². The highest BCUT2D eigenvalue weighted by atomic mass is 35.7. The molecule has 1 aliphatic carbocycles. The van der Waals surface area contributed by atoms with Crippen molar-refractivity contribution < 1.29 is 21.9 Å². The molecular weight excluding hydrogens is 250 g/mol. The molecule has 0 aromatic heterocycles. The van der Waals surface area contributed by atoms with Crippen molar-refractivity contribution in [1.29, 1.82) is 0 Å². The molecule has 3 nitrogen and oxygen atoms in total. The standard InChI is InChI=1S/C8H13ClF2O3S/c9-15(12,13)5-7(6-1-2-6)3-14-4-8(10)11/h6-8H,1-5H2. The minimum atomic E-state index is -3.57. The van der Waals surface area contributed by atoms with Crippen LogP contribution >= 0.6 is 10.7 Å². The Bertz CT molecular complexity index is 290. The summed E-state index contributed by atoms with van der Waals surface area (Å²) in [6.45, 7) is -0.605. The van der Waals surface area contributed by atoms with Crippen LogP contribution < -0.4 is 0 Å². The van der Waals surface area contributed by atoms with Gasteiger partial charge < -0.3 is 4.74 Å². The third-order valence-electron chi connectivity index (χ3n) is 2.28. The molecule has 0 bridgehead atoms. The maximum Gasteiger partial charge on any atom is 0.261 e. The molecule has 0 N–H and O–H groups in total. The zero-order valence-electron chi connectivity index (χ0n) is 8.03. The second kappa shape index (κ2) is 5.41. The fourth-order valence-electron chi connectivity index (χ4n) is 1.45. The lowest BCUT2D eigenvalue weighted by Gasteiger charge is -2.14. The SMILES string of the molecule is O=S(=O)(Cl)CC(COCC(F)F)C1CC1. The molecule has 0 aromatic rings. The first-order valence-corrected chi connectivity index (χ1v) is 7.14. The van der Waals surface area contributed by atoms with Gasteiger partial charge in [-0.15, -0.1) is 0 Å². The van der Waals surface area contributed by atoms with Crippen LogP contribution in [0.1, 0.15) is 12.8 Å². The quantitative estimate of drug-likeness (QED) is 0.658. The largest absolute Gasteiger partial charge is 0.375 e. The van der Waals surface area contributed by atoms with Gasteiger partial charge in [-0.1, -0.05) is 0 Å². The van der Waals surface area contributed by atoms with E-state index in [1.165, 1.54) is 0 Å². The van der Waals surface area contributed by atoms with Crippen LogP contribution in [0.25, 0.3) is 0 Å². The van der Waals surface area contributed by atoms with Crippen LogP contribution in [0.3, 0.4) is 0 Å². The van der Waals surface area contributed by atoms with Crippen molar-refractivity contribution in [3.63, 3.8) is 0 Å². The van der Waals surface area contributed by atoms with Crippen LogP contribution in [0.15, 0.2) is 0 Å². The summed E-state index contributed by atoms with van der Waals surface area (Å²) in [4.78, 5) is 0. The average molecular weight is 263 g/mol. The first-order chi connectivity index (χ1) is 6.88. The molecular formula is C8H13ClF2O3S. The molecule has 0 aliphatic heterocycles. The third kappa shape index (κ3) is 6.27. The van der Waals surface area contributed by atoms with Crippen LogP contribution in [0.2, 0.25) is 0 Å². The maximum absolute atomic E-state index is 11.8. The first-order valence-electron chi connectivity index (χ1n) is 4.66. The fraction of sp³-hybridized carbons (Fsp3) is 1.00. The zero-order chi connectivity index (χ0) is 11.5. The monoisotopic (exact) mass is 262 g/mol. The van der Waals surface area contributed by atoms with E-state index in [-0.39, 0.29) is 24.2 Å². The summed E-state index contributed by atoms with van der Waals surface area (Å²) in [6, 6.07) is 0. The van der Waals surface area contributed by atoms with Crippen LogP contribution in [-0.2, 0) is 13.8 Å². The average Bonchev–Trinajstić information content (AvgIpc) is 2.81. The second-order valence-corrected chi connectivity index (χ2v) is 6.55. The van der Waals surface area contributed by atoms with E-state index in [4.69, 9.17) is 15.4 Å². The predicted octanol–water partition coefficient (Wildman–Crippen LogP) is 1.86. The van der Waals surface area contributed by atoms with Gasteiger partial charge in [-0.05, 0) is 18.8 Å². The van der Waals surface area contributed by atoms with Crippen molar-refractivity contribution >= 4 is 19.7 Å². The smallest absolute Gasteiger partial charge is 0.261 e. The van der Waals surface area contributed by atoms with Crippen LogP contribution in [0.4, 0.5) is 8.78 Å². The van der Waals surface area contributed by atoms with Gasteiger partial charge in [0.05, 0.1) is 12.4 Å². The Hall–Kier alpha value is 0.0600. The Balaban J connectivity index is 2.31. The molecule has 7 heteroatoms. The van der Waals surface area contributed by atoms with E-state index in [1.54, 1.807) is 0 Å². The number of hydrogen-bond donors (Lipinski definition) is 0. The Morgan fingerprint density at radius 1 is 1.33 bits per heavy atom. The predicted molar refractivity (Wildman–Crippen MR) is 52.7 cm³/mol. The van der Waals surface area contributed by atoms with E-state index >= 15 is 0 Å². The van der Waals surface area contributed by atoms with Crippen molar-refractivity contribution in [1.82, 2.24) is 0 Å². The third-order valence-corrected chi connectivity index (χ3v) is 3.48. The zero-order valence-corrected chi connectivity index (χ0v) is 9.61. The van der Waals surface area contributed by atoms with Crippen LogP contribution in [0.5, 0.6) is 0 Å². The molecule has 1 saturated carbocycles. The summed E-state index contributed by atoms with van der Waals surface area (Å²) in [7, 11) is 1.54. The molecule has 0 amide bonds. The summed E-state index contributed by atoms with van der Waals surface area (Å²) in [5.41, 5.74) is 0. The summed E-state index contributed by atoms with van der Waals surface area (Å²) >= 11 is 0. The van der Waals surface area contributed by atoms with Crippen molar-refractivity contribution in [3.8, 4) is 0 Å². The molecule has 1 rings (SSSR count). The van der Waals surface area contributed by atoms with Gasteiger partial charge in [0.1, 0.15) is 6.61 Å². The maximum atomic E-state index is 11.8. The van der Waals surface area contributed by atoms with Crippen molar-refractivity contribution in [3.05, 3.63) is 0 Å². The van der Waals surface area contributed by atoms with Gasteiger partial charge in [-0.2, -0.15) is 0 Å². The number of rotatable bonds is 7. The van der Waals surface area contributed by atoms with Gasteiger partial charge in [0, 0.05) is 16.6 Å². The molecule has 0 aromatic carbocycles. The molecule has 0 saturated heterocycles. The van der Waals surface area contributed by atoms with E-state index in [2.05, 4.69) is 0 Å². The van der Waals surface area contributed by atoms with Gasteiger partial charge in [0.25, 0.3) is 6.43 Å². The highest BCUT2D eigenvalue weighted by molar-refractivity contribution is 8.13. The van der Waals surface area contributed by atoms with E-state index in [0.717, 1.165) is 12.8 Å². The lowest BCUT2D eigenvalue weighted by atomic mass is 10.1. The normalized spacial score (nSPS) is 19.5. The Kier molecular flexibility index (Phi) is 4.73. The van der Waals surface area contributed by atoms with Gasteiger partial charge in [-0.25, -0.2) is 17.2 Å². The van der Waals surface area contributed by atoms with Gasteiger partial charge in [0.15, 0.2) is 0 Å². The highest BCUT2D eigenvalue weighted by Gasteiger charge is 2.34. The molecule has 90 valence electrons. The lowest BCUT2D eigenvalue weighted by molar-refractivity contribution is 0.00395. The highest BCUT2D eigenvalue weighted by Crippen LogP contribution is 2.38. The van der Waals surface area contributed by atoms with E-state index in [1.807, 2.05) is 0 Å². The van der Waals surface area contributed by atoms with Crippen LogP contribution in [-0.4, -0.2) is 33.8 Å². The molecule has 0 radical (unpaired) electrons. The summed E-state index contributed by atoms with van der Waals surface area (Å²) in [6.07, 6.45) is -0.665. The minimum absolute atomic E-state index is 0.0426. The first kappa shape index (κ1) is 13.1. The van der Waals surface area contributed by atoms with Crippen LogP contribution in [0, 0.1) is 11.8 Å². The van der Waals surface area contributed by atoms with Crippen molar-refractivity contribution in [2.75, 3.05) is 19.0 Å². The number of hydrogen-bond acceptors (Lipinski definition) is 3. The summed E-state index contributed by atoms with van der Waals surface area (Å²) in [5.74, 6) is -0.176. The minimum Gasteiger partial charge on any atom is -0.375 e.